The summed E-state index contributed by atoms with van der Waals surface area (Å²) in [5.74, 6) is -0.572. The van der Waals surface area contributed by atoms with E-state index in [0.29, 0.717) is 11.5 Å². The minimum absolute atomic E-state index is 0.227. The summed E-state index contributed by atoms with van der Waals surface area (Å²) in [6.07, 6.45) is 1.27. The molecule has 1 aliphatic rings. The number of ether oxygens (including phenoxy) is 1. The summed E-state index contributed by atoms with van der Waals surface area (Å²) < 4.78 is 10.5. The van der Waals surface area contributed by atoms with Crippen molar-refractivity contribution in [1.29, 1.82) is 0 Å². The van der Waals surface area contributed by atoms with Gasteiger partial charge in [0.1, 0.15) is 17.7 Å². The number of urea groups is 1. The Kier molecular flexibility index (Phi) is 3.69. The molecule has 0 fully saturated rings. The molecule has 1 aromatic rings. The van der Waals surface area contributed by atoms with E-state index in [-0.39, 0.29) is 6.10 Å². The molecule has 2 heterocycles. The van der Waals surface area contributed by atoms with Gasteiger partial charge in [-0.3, -0.25) is 4.79 Å². The normalized spacial score (nSPS) is 22.9. The number of amides is 2. The van der Waals surface area contributed by atoms with Crippen LogP contribution in [-0.2, 0) is 9.53 Å². The largest absolute Gasteiger partial charge is 0.467 e. The second-order valence-electron chi connectivity index (χ2n) is 4.66. The summed E-state index contributed by atoms with van der Waals surface area (Å²) in [7, 11) is 0. The van der Waals surface area contributed by atoms with Crippen LogP contribution >= 0.6 is 0 Å². The monoisotopic (exact) mass is 264 g/mol. The zero-order valence-corrected chi connectivity index (χ0v) is 11.0. The smallest absolute Gasteiger partial charge is 0.341 e. The highest BCUT2D eigenvalue weighted by atomic mass is 16.5. The highest BCUT2D eigenvalue weighted by Gasteiger charge is 2.39. The summed E-state index contributed by atoms with van der Waals surface area (Å²) in [5, 5.41) is 2.63. The van der Waals surface area contributed by atoms with Crippen LogP contribution in [-0.4, -0.2) is 23.8 Å². The average molecular weight is 264 g/mol. The molecule has 19 heavy (non-hydrogen) atoms. The molecular weight excluding hydrogens is 248 g/mol. The van der Waals surface area contributed by atoms with Crippen LogP contribution in [0, 0.1) is 5.92 Å². The van der Waals surface area contributed by atoms with Crippen LogP contribution in [0.15, 0.2) is 27.8 Å². The minimum Gasteiger partial charge on any atom is -0.467 e. The van der Waals surface area contributed by atoms with Crippen LogP contribution < -0.4 is 5.32 Å². The molecular formula is C13H16N2O4. The Morgan fingerprint density at radius 1 is 1.53 bits per heavy atom. The highest BCUT2D eigenvalue weighted by Crippen LogP contribution is 2.28. The van der Waals surface area contributed by atoms with Gasteiger partial charge in [-0.05, 0) is 32.9 Å². The van der Waals surface area contributed by atoms with Gasteiger partial charge in [-0.2, -0.15) is 0 Å². The third-order valence-electron chi connectivity index (χ3n) is 2.80. The van der Waals surface area contributed by atoms with Gasteiger partial charge >= 0.3 is 12.0 Å². The molecule has 6 nitrogen and oxygen atoms in total. The first-order chi connectivity index (χ1) is 8.99. The zero-order chi connectivity index (χ0) is 14.0. The number of furan rings is 1. The number of esters is 1. The Bertz CT molecular complexity index is 505. The second kappa shape index (κ2) is 5.26. The molecule has 0 aromatic carbocycles. The molecule has 6 heteroatoms. The minimum atomic E-state index is -0.661. The van der Waals surface area contributed by atoms with Gasteiger partial charge in [-0.1, -0.05) is 0 Å². The van der Waals surface area contributed by atoms with Crippen LogP contribution in [0.25, 0.3) is 0 Å². The molecule has 0 aliphatic carbocycles. The van der Waals surface area contributed by atoms with Gasteiger partial charge in [0.25, 0.3) is 0 Å². The maximum atomic E-state index is 12.1. The van der Waals surface area contributed by atoms with Crippen LogP contribution in [0.5, 0.6) is 0 Å². The number of aliphatic imine (C=N–C) groups is 1. The lowest BCUT2D eigenvalue weighted by Gasteiger charge is -2.28. The van der Waals surface area contributed by atoms with Crippen LogP contribution in [0.4, 0.5) is 4.79 Å². The number of hydrogen-bond acceptors (Lipinski definition) is 4. The van der Waals surface area contributed by atoms with Crippen molar-refractivity contribution in [3.8, 4) is 0 Å². The first-order valence-electron chi connectivity index (χ1n) is 6.08. The molecule has 0 spiro atoms. The number of rotatable bonds is 3. The van der Waals surface area contributed by atoms with E-state index in [1.54, 1.807) is 32.9 Å². The van der Waals surface area contributed by atoms with Crippen LogP contribution in [0.2, 0.25) is 0 Å². The number of hydrogen-bond donors (Lipinski definition) is 1. The predicted octanol–water partition coefficient (Wildman–Crippen LogP) is 2.07. The van der Waals surface area contributed by atoms with Crippen molar-refractivity contribution in [3.63, 3.8) is 0 Å². The SMILES string of the molecule is CC1=NC(=O)NC(c2ccco2)C1C(=O)OC(C)C. The van der Waals surface area contributed by atoms with E-state index < -0.39 is 24.0 Å². The fraction of sp³-hybridized carbons (Fsp3) is 0.462. The molecule has 0 saturated heterocycles. The maximum absolute atomic E-state index is 12.1. The number of carbonyl (C=O) groups excluding carboxylic acids is 2. The standard InChI is InChI=1S/C13H16N2O4/c1-7(2)19-12(16)10-8(3)14-13(17)15-11(10)9-5-4-6-18-9/h4-7,10-11H,1-3H3,(H,15,17). The van der Waals surface area contributed by atoms with Gasteiger partial charge in [0.05, 0.1) is 12.4 Å². The lowest BCUT2D eigenvalue weighted by Crippen LogP contribution is -2.44. The Morgan fingerprint density at radius 3 is 2.84 bits per heavy atom. The molecule has 0 bridgehead atoms. The quantitative estimate of drug-likeness (QED) is 0.847. The summed E-state index contributed by atoms with van der Waals surface area (Å²) in [6.45, 7) is 5.18. The van der Waals surface area contributed by atoms with Gasteiger partial charge < -0.3 is 14.5 Å². The number of nitrogens with zero attached hydrogens (tertiary/aromatic N) is 1. The number of carbonyl (C=O) groups is 2. The first-order valence-corrected chi connectivity index (χ1v) is 6.08. The van der Waals surface area contributed by atoms with Gasteiger partial charge in [-0.15, -0.1) is 0 Å². The topological polar surface area (TPSA) is 80.9 Å². The zero-order valence-electron chi connectivity index (χ0n) is 11.0. The third kappa shape index (κ3) is 2.83. The lowest BCUT2D eigenvalue weighted by atomic mass is 9.92. The molecule has 2 unspecified atom stereocenters. The van der Waals surface area contributed by atoms with E-state index in [1.807, 2.05) is 0 Å². The van der Waals surface area contributed by atoms with Crippen molar-refractivity contribution in [3.05, 3.63) is 24.2 Å². The highest BCUT2D eigenvalue weighted by molar-refractivity contribution is 6.08. The first kappa shape index (κ1) is 13.3. The fourth-order valence-electron chi connectivity index (χ4n) is 2.04. The average Bonchev–Trinajstić information content (AvgIpc) is 2.79. The summed E-state index contributed by atoms with van der Waals surface area (Å²) in [5.41, 5.74) is 0.427. The molecule has 1 N–H and O–H groups in total. The van der Waals surface area contributed by atoms with Crippen molar-refractivity contribution in [1.82, 2.24) is 5.32 Å². The molecule has 0 saturated carbocycles. The van der Waals surface area contributed by atoms with E-state index >= 15 is 0 Å². The van der Waals surface area contributed by atoms with Gasteiger partial charge in [0.2, 0.25) is 0 Å². The van der Waals surface area contributed by atoms with E-state index in [4.69, 9.17) is 9.15 Å². The van der Waals surface area contributed by atoms with E-state index in [1.165, 1.54) is 6.26 Å². The fourth-order valence-corrected chi connectivity index (χ4v) is 2.04. The predicted molar refractivity (Wildman–Crippen MR) is 67.8 cm³/mol. The van der Waals surface area contributed by atoms with Crippen LogP contribution in [0.1, 0.15) is 32.6 Å². The van der Waals surface area contributed by atoms with Gasteiger partial charge in [0.15, 0.2) is 0 Å². The van der Waals surface area contributed by atoms with Gasteiger partial charge in [0, 0.05) is 5.71 Å². The van der Waals surface area contributed by atoms with Crippen molar-refractivity contribution in [2.75, 3.05) is 0 Å². The Balaban J connectivity index is 2.31. The van der Waals surface area contributed by atoms with E-state index in [0.717, 1.165) is 0 Å². The molecule has 2 rings (SSSR count). The van der Waals surface area contributed by atoms with Crippen molar-refractivity contribution >= 4 is 17.7 Å². The van der Waals surface area contributed by atoms with E-state index in [9.17, 15) is 9.59 Å². The maximum Gasteiger partial charge on any atom is 0.341 e. The Labute approximate surface area is 110 Å². The van der Waals surface area contributed by atoms with Crippen molar-refractivity contribution in [2.24, 2.45) is 10.9 Å². The Morgan fingerprint density at radius 2 is 2.26 bits per heavy atom. The summed E-state index contributed by atoms with van der Waals surface area (Å²) >= 11 is 0. The van der Waals surface area contributed by atoms with Crippen molar-refractivity contribution < 1.29 is 18.7 Å². The van der Waals surface area contributed by atoms with Crippen LogP contribution in [0.3, 0.4) is 0 Å². The molecule has 2 atom stereocenters. The number of nitrogens with one attached hydrogen (secondary N) is 1. The molecule has 1 aliphatic heterocycles. The Hall–Kier alpha value is -2.11. The van der Waals surface area contributed by atoms with Gasteiger partial charge in [-0.25, -0.2) is 9.79 Å². The summed E-state index contributed by atoms with van der Waals surface area (Å²) in [4.78, 5) is 27.4. The van der Waals surface area contributed by atoms with E-state index in [2.05, 4.69) is 10.3 Å². The molecule has 2 amide bonds. The summed E-state index contributed by atoms with van der Waals surface area (Å²) in [6, 6.07) is 2.35. The second-order valence-corrected chi connectivity index (χ2v) is 4.66. The molecule has 1 aromatic heterocycles. The van der Waals surface area contributed by atoms with Crippen molar-refractivity contribution in [2.45, 2.75) is 32.9 Å². The molecule has 0 radical (unpaired) electrons. The molecule has 102 valence electrons. The lowest BCUT2D eigenvalue weighted by molar-refractivity contribution is -0.151. The third-order valence-corrected chi connectivity index (χ3v) is 2.80.